The molecule has 128 valence electrons. The quantitative estimate of drug-likeness (QED) is 0.590. The molecule has 0 unspecified atom stereocenters. The van der Waals surface area contributed by atoms with Gasteiger partial charge in [0.15, 0.2) is 0 Å². The number of hydrogen-bond donors (Lipinski definition) is 2. The molecule has 0 atom stereocenters. The van der Waals surface area contributed by atoms with Crippen LogP contribution in [0.4, 0.5) is 0 Å². The minimum Gasteiger partial charge on any atom is -0.506 e. The Morgan fingerprint density at radius 1 is 1.08 bits per heavy atom. The normalized spacial score (nSPS) is 10.8. The van der Waals surface area contributed by atoms with E-state index in [0.717, 1.165) is 21.4 Å². The van der Waals surface area contributed by atoms with Gasteiger partial charge in [-0.2, -0.15) is 0 Å². The fraction of sp³-hybridized carbons (Fsp3) is 0.105. The van der Waals surface area contributed by atoms with E-state index in [1.807, 2.05) is 41.0 Å². The first kappa shape index (κ1) is 17.6. The third-order valence-corrected chi connectivity index (χ3v) is 4.64. The maximum Gasteiger partial charge on any atom is 0.303 e. The van der Waals surface area contributed by atoms with E-state index in [1.165, 1.54) is 6.07 Å². The topological polar surface area (TPSA) is 62.5 Å². The fourth-order valence-electron chi connectivity index (χ4n) is 2.72. The van der Waals surface area contributed by atoms with Gasteiger partial charge >= 0.3 is 5.97 Å². The van der Waals surface area contributed by atoms with Crippen LogP contribution < -0.4 is 0 Å². The highest BCUT2D eigenvalue weighted by Crippen LogP contribution is 2.33. The molecule has 1 aromatic heterocycles. The maximum absolute atomic E-state index is 11.0. The van der Waals surface area contributed by atoms with Gasteiger partial charge in [0.25, 0.3) is 0 Å². The van der Waals surface area contributed by atoms with Gasteiger partial charge in [0.05, 0.1) is 17.8 Å². The molecular formula is C19H15BrClNO3. The Morgan fingerprint density at radius 2 is 1.80 bits per heavy atom. The van der Waals surface area contributed by atoms with Crippen molar-refractivity contribution in [2.45, 2.75) is 12.8 Å². The molecule has 0 bridgehead atoms. The minimum absolute atomic E-state index is 0.00508. The number of aromatic nitrogens is 1. The van der Waals surface area contributed by atoms with Crippen LogP contribution in [-0.4, -0.2) is 20.7 Å². The van der Waals surface area contributed by atoms with Crippen LogP contribution in [0.25, 0.3) is 16.9 Å². The molecule has 0 aliphatic rings. The average Bonchev–Trinajstić information content (AvgIpc) is 2.99. The molecule has 2 aromatic carbocycles. The predicted molar refractivity (Wildman–Crippen MR) is 102 cm³/mol. The smallest absolute Gasteiger partial charge is 0.303 e. The van der Waals surface area contributed by atoms with E-state index >= 15 is 0 Å². The maximum atomic E-state index is 11.0. The lowest BCUT2D eigenvalue weighted by molar-refractivity contribution is -0.136. The Labute approximate surface area is 158 Å². The molecule has 25 heavy (non-hydrogen) atoms. The number of benzene rings is 2. The molecule has 0 amide bonds. The van der Waals surface area contributed by atoms with Crippen molar-refractivity contribution in [1.29, 1.82) is 0 Å². The van der Waals surface area contributed by atoms with Gasteiger partial charge in [-0.1, -0.05) is 39.7 Å². The Kier molecular flexibility index (Phi) is 5.16. The second-order valence-corrected chi connectivity index (χ2v) is 6.93. The fourth-order valence-corrected chi connectivity index (χ4v) is 3.15. The van der Waals surface area contributed by atoms with Crippen molar-refractivity contribution in [3.8, 4) is 22.7 Å². The van der Waals surface area contributed by atoms with E-state index in [9.17, 15) is 9.90 Å². The van der Waals surface area contributed by atoms with Crippen molar-refractivity contribution < 1.29 is 15.0 Å². The molecule has 0 aliphatic heterocycles. The Balaban J connectivity index is 2.17. The molecule has 3 rings (SSSR count). The number of rotatable bonds is 5. The van der Waals surface area contributed by atoms with Gasteiger partial charge in [0, 0.05) is 15.2 Å². The highest BCUT2D eigenvalue weighted by atomic mass is 79.9. The number of halogens is 2. The molecule has 2 N–H and O–H groups in total. The van der Waals surface area contributed by atoms with Gasteiger partial charge in [0.2, 0.25) is 0 Å². The number of aryl methyl sites for hydroxylation is 1. The molecule has 0 aliphatic carbocycles. The summed E-state index contributed by atoms with van der Waals surface area (Å²) in [6.07, 6.45) is 0.350. The lowest BCUT2D eigenvalue weighted by Crippen LogP contribution is -2.05. The summed E-state index contributed by atoms with van der Waals surface area (Å²) in [4.78, 5) is 11.0. The second kappa shape index (κ2) is 7.33. The number of carbonyl (C=O) groups is 1. The van der Waals surface area contributed by atoms with Crippen molar-refractivity contribution in [2.24, 2.45) is 0 Å². The van der Waals surface area contributed by atoms with Crippen LogP contribution in [0.3, 0.4) is 0 Å². The standard InChI is InChI=1S/C19H15BrClNO3/c20-13-3-1-12(2-4-13)16-8-6-15(7-10-19(24)25)22(16)17-11-14(21)5-9-18(17)23/h1-6,8-9,11,23H,7,10H2,(H,24,25). The highest BCUT2D eigenvalue weighted by molar-refractivity contribution is 9.10. The number of carboxylic acids is 1. The summed E-state index contributed by atoms with van der Waals surface area (Å²) in [5, 5.41) is 19.8. The second-order valence-electron chi connectivity index (χ2n) is 5.58. The molecule has 4 nitrogen and oxygen atoms in total. The van der Waals surface area contributed by atoms with Crippen molar-refractivity contribution in [2.75, 3.05) is 0 Å². The average molecular weight is 421 g/mol. The lowest BCUT2D eigenvalue weighted by Gasteiger charge is -2.15. The number of aromatic hydroxyl groups is 1. The number of nitrogens with zero attached hydrogens (tertiary/aromatic N) is 1. The summed E-state index contributed by atoms with van der Waals surface area (Å²) in [7, 11) is 0. The first-order valence-electron chi connectivity index (χ1n) is 7.63. The molecule has 0 spiro atoms. The summed E-state index contributed by atoms with van der Waals surface area (Å²) in [6.45, 7) is 0. The zero-order valence-corrected chi connectivity index (χ0v) is 15.5. The predicted octanol–water partition coefficient (Wildman–Crippen LogP) is 5.28. The first-order chi connectivity index (χ1) is 12.0. The number of carboxylic acid groups (broad SMARTS) is 1. The van der Waals surface area contributed by atoms with Crippen molar-refractivity contribution >= 4 is 33.5 Å². The largest absolute Gasteiger partial charge is 0.506 e. The zero-order chi connectivity index (χ0) is 18.0. The minimum atomic E-state index is -0.867. The molecule has 0 saturated heterocycles. The van der Waals surface area contributed by atoms with Crippen LogP contribution in [0.15, 0.2) is 59.1 Å². The van der Waals surface area contributed by atoms with Crippen molar-refractivity contribution in [3.63, 3.8) is 0 Å². The van der Waals surface area contributed by atoms with Crippen LogP contribution in [0, 0.1) is 0 Å². The van der Waals surface area contributed by atoms with E-state index in [-0.39, 0.29) is 12.2 Å². The van der Waals surface area contributed by atoms with Crippen LogP contribution in [-0.2, 0) is 11.2 Å². The van der Waals surface area contributed by atoms with Gasteiger partial charge < -0.3 is 14.8 Å². The molecule has 0 saturated carbocycles. The lowest BCUT2D eigenvalue weighted by atomic mass is 10.1. The van der Waals surface area contributed by atoms with E-state index in [2.05, 4.69) is 15.9 Å². The number of hydrogen-bond acceptors (Lipinski definition) is 2. The van der Waals surface area contributed by atoms with E-state index in [1.54, 1.807) is 12.1 Å². The summed E-state index contributed by atoms with van der Waals surface area (Å²) in [5.41, 5.74) is 3.11. The number of phenols is 1. The first-order valence-corrected chi connectivity index (χ1v) is 8.80. The Morgan fingerprint density at radius 3 is 2.48 bits per heavy atom. The Hall–Kier alpha value is -2.24. The monoisotopic (exact) mass is 419 g/mol. The van der Waals surface area contributed by atoms with Crippen LogP contribution >= 0.6 is 27.5 Å². The molecule has 3 aromatic rings. The number of phenolic OH excluding ortho intramolecular Hbond substituents is 1. The van der Waals surface area contributed by atoms with Gasteiger partial charge in [0.1, 0.15) is 5.75 Å². The van der Waals surface area contributed by atoms with Crippen LogP contribution in [0.1, 0.15) is 12.1 Å². The third kappa shape index (κ3) is 3.89. The van der Waals surface area contributed by atoms with Gasteiger partial charge in [-0.25, -0.2) is 0 Å². The summed E-state index contributed by atoms with van der Waals surface area (Å²) < 4.78 is 2.82. The SMILES string of the molecule is O=C(O)CCc1ccc(-c2ccc(Br)cc2)n1-c1cc(Cl)ccc1O. The van der Waals surface area contributed by atoms with E-state index in [0.29, 0.717) is 17.1 Å². The van der Waals surface area contributed by atoms with E-state index < -0.39 is 5.97 Å². The zero-order valence-electron chi connectivity index (χ0n) is 13.1. The van der Waals surface area contributed by atoms with Gasteiger partial charge in [-0.3, -0.25) is 4.79 Å². The number of aliphatic carboxylic acids is 1. The van der Waals surface area contributed by atoms with Crippen LogP contribution in [0.5, 0.6) is 5.75 Å². The summed E-state index contributed by atoms with van der Waals surface area (Å²) in [6, 6.07) is 16.4. The Bertz CT molecular complexity index is 919. The molecular weight excluding hydrogens is 406 g/mol. The highest BCUT2D eigenvalue weighted by Gasteiger charge is 2.16. The van der Waals surface area contributed by atoms with Crippen molar-refractivity contribution in [1.82, 2.24) is 4.57 Å². The molecule has 6 heteroatoms. The molecule has 0 fully saturated rings. The van der Waals surface area contributed by atoms with Gasteiger partial charge in [-0.15, -0.1) is 0 Å². The van der Waals surface area contributed by atoms with Crippen LogP contribution in [0.2, 0.25) is 5.02 Å². The summed E-state index contributed by atoms with van der Waals surface area (Å²) >= 11 is 9.53. The van der Waals surface area contributed by atoms with E-state index in [4.69, 9.17) is 16.7 Å². The van der Waals surface area contributed by atoms with Gasteiger partial charge in [-0.05, 0) is 54.4 Å². The summed E-state index contributed by atoms with van der Waals surface area (Å²) in [5.74, 6) is -0.788. The molecule has 0 radical (unpaired) electrons. The third-order valence-electron chi connectivity index (χ3n) is 3.88. The van der Waals surface area contributed by atoms with Crippen molar-refractivity contribution in [3.05, 3.63) is 69.8 Å². The molecule has 1 heterocycles.